The van der Waals surface area contributed by atoms with Crippen molar-refractivity contribution in [2.45, 2.75) is 40.7 Å². The number of hydrazine groups is 1. The Bertz CT molecular complexity index is 696. The van der Waals surface area contributed by atoms with E-state index in [0.29, 0.717) is 0 Å². The summed E-state index contributed by atoms with van der Waals surface area (Å²) >= 11 is 0. The molecule has 1 fully saturated rings. The maximum atomic E-state index is 13.5. The molecule has 6 heteroatoms. The number of ether oxygens (including phenoxy) is 1. The fourth-order valence-electron chi connectivity index (χ4n) is 2.94. The number of nitrogens with one attached hydrogen (secondary N) is 2. The first-order chi connectivity index (χ1) is 11.6. The first-order valence-electron chi connectivity index (χ1n) is 8.30. The molecule has 3 atom stereocenters. The van der Waals surface area contributed by atoms with Crippen molar-refractivity contribution in [2.75, 3.05) is 0 Å². The quantitative estimate of drug-likeness (QED) is 0.635. The molecule has 0 saturated heterocycles. The summed E-state index contributed by atoms with van der Waals surface area (Å²) in [4.78, 5) is 24.3. The summed E-state index contributed by atoms with van der Waals surface area (Å²) in [5, 5.41) is 0. The van der Waals surface area contributed by atoms with Gasteiger partial charge >= 0.3 is 0 Å². The van der Waals surface area contributed by atoms with Gasteiger partial charge in [0.2, 0.25) is 5.91 Å². The van der Waals surface area contributed by atoms with E-state index in [0.717, 1.165) is 5.57 Å². The Morgan fingerprint density at radius 1 is 1.24 bits per heavy atom. The van der Waals surface area contributed by atoms with Crippen molar-refractivity contribution >= 4 is 11.8 Å². The van der Waals surface area contributed by atoms with Gasteiger partial charge in [-0.3, -0.25) is 20.4 Å². The molecular weight excluding hydrogens is 323 g/mol. The Balaban J connectivity index is 1.86. The van der Waals surface area contributed by atoms with Crippen LogP contribution in [0.15, 0.2) is 35.9 Å². The van der Waals surface area contributed by atoms with Gasteiger partial charge < -0.3 is 4.74 Å². The van der Waals surface area contributed by atoms with E-state index in [4.69, 9.17) is 4.74 Å². The average Bonchev–Trinajstić information content (AvgIpc) is 3.06. The Morgan fingerprint density at radius 3 is 2.48 bits per heavy atom. The summed E-state index contributed by atoms with van der Waals surface area (Å²) in [6.07, 6.45) is 1.13. The highest BCUT2D eigenvalue weighted by Gasteiger charge is 2.60. The molecule has 0 heterocycles. The number of hydrogen-bond acceptors (Lipinski definition) is 3. The summed E-state index contributed by atoms with van der Waals surface area (Å²) in [6, 6.07) is 5.84. The standard InChI is InChI=1S/C19H25FN2O3/c1-11(2)10-13-16(19(13,4)5)18(24)22-21-17(23)12(3)25-15-9-7-6-8-14(15)20/h6-10,12-13,16H,1-5H3,(H,21,23)(H,22,24). The van der Waals surface area contributed by atoms with Crippen molar-refractivity contribution in [1.29, 1.82) is 0 Å². The van der Waals surface area contributed by atoms with Gasteiger partial charge in [0.15, 0.2) is 17.7 Å². The third-order valence-electron chi connectivity index (χ3n) is 4.52. The van der Waals surface area contributed by atoms with Crippen LogP contribution in [0.3, 0.4) is 0 Å². The second-order valence-corrected chi connectivity index (χ2v) is 7.24. The average molecular weight is 348 g/mol. The van der Waals surface area contributed by atoms with Gasteiger partial charge in [0.05, 0.1) is 5.92 Å². The monoisotopic (exact) mass is 348 g/mol. The van der Waals surface area contributed by atoms with Crippen molar-refractivity contribution in [3.05, 3.63) is 41.7 Å². The second kappa shape index (κ2) is 7.25. The van der Waals surface area contributed by atoms with E-state index in [1.54, 1.807) is 6.07 Å². The minimum atomic E-state index is -0.946. The van der Waals surface area contributed by atoms with Crippen LogP contribution in [-0.2, 0) is 9.59 Å². The van der Waals surface area contributed by atoms with E-state index in [9.17, 15) is 14.0 Å². The molecule has 0 spiro atoms. The molecule has 1 aliphatic rings. The molecule has 0 bridgehead atoms. The maximum Gasteiger partial charge on any atom is 0.279 e. The molecule has 1 aliphatic carbocycles. The Hall–Kier alpha value is -2.37. The van der Waals surface area contributed by atoms with Crippen LogP contribution in [0.4, 0.5) is 4.39 Å². The van der Waals surface area contributed by atoms with Crippen molar-refractivity contribution in [3.8, 4) is 5.75 Å². The number of amides is 2. The molecular formula is C19H25FN2O3. The predicted octanol–water partition coefficient (Wildman–Crippen LogP) is 2.98. The minimum absolute atomic E-state index is 0.0107. The van der Waals surface area contributed by atoms with E-state index in [-0.39, 0.29) is 28.9 Å². The Kier molecular flexibility index (Phi) is 5.50. The number of halogens is 1. The summed E-state index contributed by atoms with van der Waals surface area (Å²) < 4.78 is 18.8. The number of benzene rings is 1. The lowest BCUT2D eigenvalue weighted by Crippen LogP contribution is -2.48. The number of carbonyl (C=O) groups is 2. The summed E-state index contributed by atoms with van der Waals surface area (Å²) in [6.45, 7) is 9.51. The van der Waals surface area contributed by atoms with Crippen LogP contribution >= 0.6 is 0 Å². The number of para-hydroxylation sites is 1. The molecule has 2 N–H and O–H groups in total. The Labute approximate surface area is 147 Å². The van der Waals surface area contributed by atoms with Gasteiger partial charge in [-0.2, -0.15) is 0 Å². The third-order valence-corrected chi connectivity index (χ3v) is 4.52. The van der Waals surface area contributed by atoms with E-state index in [1.807, 2.05) is 27.7 Å². The molecule has 25 heavy (non-hydrogen) atoms. The zero-order valence-corrected chi connectivity index (χ0v) is 15.2. The van der Waals surface area contributed by atoms with E-state index < -0.39 is 17.8 Å². The first kappa shape index (κ1) is 19.0. The van der Waals surface area contributed by atoms with Crippen molar-refractivity contribution in [1.82, 2.24) is 10.9 Å². The van der Waals surface area contributed by atoms with Crippen LogP contribution in [0.1, 0.15) is 34.6 Å². The van der Waals surface area contributed by atoms with Crippen molar-refractivity contribution in [3.63, 3.8) is 0 Å². The van der Waals surface area contributed by atoms with E-state index >= 15 is 0 Å². The number of carbonyl (C=O) groups excluding carboxylic acids is 2. The van der Waals surface area contributed by atoms with Crippen LogP contribution in [0.5, 0.6) is 5.75 Å². The lowest BCUT2D eigenvalue weighted by atomic mass is 10.1. The molecule has 0 radical (unpaired) electrons. The van der Waals surface area contributed by atoms with Crippen LogP contribution in [0.2, 0.25) is 0 Å². The number of allylic oxidation sites excluding steroid dienone is 2. The zero-order chi connectivity index (χ0) is 18.8. The third kappa shape index (κ3) is 4.38. The maximum absolute atomic E-state index is 13.5. The molecule has 3 unspecified atom stereocenters. The zero-order valence-electron chi connectivity index (χ0n) is 15.2. The highest BCUT2D eigenvalue weighted by molar-refractivity contribution is 5.87. The van der Waals surface area contributed by atoms with Gasteiger partial charge in [-0.25, -0.2) is 4.39 Å². The molecule has 2 amide bonds. The highest BCUT2D eigenvalue weighted by atomic mass is 19.1. The molecule has 2 rings (SSSR count). The molecule has 1 saturated carbocycles. The fraction of sp³-hybridized carbons (Fsp3) is 0.474. The van der Waals surface area contributed by atoms with Crippen LogP contribution in [0, 0.1) is 23.1 Å². The normalized spacial score (nSPS) is 21.7. The minimum Gasteiger partial charge on any atom is -0.478 e. The first-order valence-corrected chi connectivity index (χ1v) is 8.30. The molecule has 0 aliphatic heterocycles. The van der Waals surface area contributed by atoms with Gasteiger partial charge in [-0.15, -0.1) is 0 Å². The molecule has 1 aromatic carbocycles. The Morgan fingerprint density at radius 2 is 1.88 bits per heavy atom. The lowest BCUT2D eigenvalue weighted by molar-refractivity contribution is -0.133. The lowest BCUT2D eigenvalue weighted by Gasteiger charge is -2.15. The summed E-state index contributed by atoms with van der Waals surface area (Å²) in [7, 11) is 0. The van der Waals surface area contributed by atoms with E-state index in [1.165, 1.54) is 25.1 Å². The molecule has 1 aromatic rings. The SMILES string of the molecule is CC(C)=CC1C(C(=O)NNC(=O)C(C)Oc2ccccc2F)C1(C)C. The highest BCUT2D eigenvalue weighted by Crippen LogP contribution is 2.59. The number of hydrogen-bond donors (Lipinski definition) is 2. The largest absolute Gasteiger partial charge is 0.478 e. The predicted molar refractivity (Wildman–Crippen MR) is 93.0 cm³/mol. The smallest absolute Gasteiger partial charge is 0.279 e. The van der Waals surface area contributed by atoms with Gasteiger partial charge in [-0.1, -0.05) is 37.6 Å². The van der Waals surface area contributed by atoms with Crippen LogP contribution in [0.25, 0.3) is 0 Å². The fourth-order valence-corrected chi connectivity index (χ4v) is 2.94. The van der Waals surface area contributed by atoms with E-state index in [2.05, 4.69) is 16.9 Å². The molecule has 5 nitrogen and oxygen atoms in total. The molecule has 0 aromatic heterocycles. The van der Waals surface area contributed by atoms with Crippen molar-refractivity contribution < 1.29 is 18.7 Å². The van der Waals surface area contributed by atoms with Crippen LogP contribution < -0.4 is 15.6 Å². The van der Waals surface area contributed by atoms with Gasteiger partial charge in [-0.05, 0) is 44.2 Å². The molecule has 136 valence electrons. The summed E-state index contributed by atoms with van der Waals surface area (Å²) in [5.41, 5.74) is 5.81. The van der Waals surface area contributed by atoms with Gasteiger partial charge in [0.1, 0.15) is 0 Å². The van der Waals surface area contributed by atoms with Gasteiger partial charge in [0, 0.05) is 0 Å². The summed E-state index contributed by atoms with van der Waals surface area (Å²) in [5.74, 6) is -1.38. The van der Waals surface area contributed by atoms with Gasteiger partial charge in [0.25, 0.3) is 5.91 Å². The number of rotatable bonds is 5. The van der Waals surface area contributed by atoms with Crippen LogP contribution in [-0.4, -0.2) is 17.9 Å². The topological polar surface area (TPSA) is 67.4 Å². The second-order valence-electron chi connectivity index (χ2n) is 7.24. The van der Waals surface area contributed by atoms with Crippen molar-refractivity contribution in [2.24, 2.45) is 17.3 Å².